The van der Waals surface area contributed by atoms with E-state index in [1.165, 1.54) is 30.8 Å². The largest absolute Gasteiger partial charge is 0.431 e. The van der Waals surface area contributed by atoms with Gasteiger partial charge in [0.15, 0.2) is 11.5 Å². The maximum absolute atomic E-state index is 13.0. The Morgan fingerprint density at radius 2 is 1.83 bits per heavy atom. The third-order valence-corrected chi connectivity index (χ3v) is 5.24. The highest BCUT2D eigenvalue weighted by atomic mass is 32.2. The molecule has 0 bridgehead atoms. The maximum Gasteiger partial charge on any atom is 0.256 e. The summed E-state index contributed by atoms with van der Waals surface area (Å²) >= 11 is 1.24. The summed E-state index contributed by atoms with van der Waals surface area (Å²) in [6.07, 6.45) is 2.28. The van der Waals surface area contributed by atoms with E-state index in [4.69, 9.17) is 4.42 Å². The molecule has 29 heavy (non-hydrogen) atoms. The Morgan fingerprint density at radius 3 is 2.48 bits per heavy atom. The lowest BCUT2D eigenvalue weighted by Crippen LogP contribution is -2.22. The molecule has 3 rings (SSSR count). The van der Waals surface area contributed by atoms with Crippen molar-refractivity contribution in [1.29, 1.82) is 0 Å². The fourth-order valence-corrected chi connectivity index (χ4v) is 3.52. The number of nitrogens with zero attached hydrogens (tertiary/aromatic N) is 1. The van der Waals surface area contributed by atoms with Crippen LogP contribution in [0.4, 0.5) is 4.39 Å². The van der Waals surface area contributed by atoms with E-state index >= 15 is 0 Å². The monoisotopic (exact) mass is 412 g/mol. The molecule has 0 aliphatic carbocycles. The minimum atomic E-state index is -0.375. The SMILES string of the molecule is CC(=O)NCCc1ccc(C(=O)C(C)Sc2ncc(-c3ccc(F)cc3)o2)cc1. The topological polar surface area (TPSA) is 72.2 Å². The number of ketones is 1. The molecular formula is C22H21FN2O3S. The van der Waals surface area contributed by atoms with Gasteiger partial charge in [0.25, 0.3) is 5.22 Å². The van der Waals surface area contributed by atoms with Gasteiger partial charge in [0.05, 0.1) is 11.4 Å². The molecule has 1 aromatic heterocycles. The predicted molar refractivity (Wildman–Crippen MR) is 110 cm³/mol. The van der Waals surface area contributed by atoms with E-state index < -0.39 is 0 Å². The van der Waals surface area contributed by atoms with Gasteiger partial charge in [0, 0.05) is 24.6 Å². The number of hydrogen-bond acceptors (Lipinski definition) is 5. The van der Waals surface area contributed by atoms with Crippen LogP contribution in [0.25, 0.3) is 11.3 Å². The molecule has 1 amide bonds. The van der Waals surface area contributed by atoms with Crippen LogP contribution >= 0.6 is 11.8 Å². The molecule has 0 saturated carbocycles. The van der Waals surface area contributed by atoms with Crippen LogP contribution in [-0.2, 0) is 11.2 Å². The molecule has 1 atom stereocenters. The third-order valence-electron chi connectivity index (χ3n) is 4.29. The number of hydrogen-bond donors (Lipinski definition) is 1. The van der Waals surface area contributed by atoms with Crippen LogP contribution in [-0.4, -0.2) is 28.5 Å². The van der Waals surface area contributed by atoms with E-state index in [0.717, 1.165) is 11.1 Å². The van der Waals surface area contributed by atoms with Crippen LogP contribution in [0.15, 0.2) is 64.4 Å². The Bertz CT molecular complexity index is 984. The summed E-state index contributed by atoms with van der Waals surface area (Å²) in [6, 6.07) is 13.3. The molecule has 0 fully saturated rings. The zero-order valence-electron chi connectivity index (χ0n) is 16.1. The normalized spacial score (nSPS) is 11.8. The van der Waals surface area contributed by atoms with Crippen LogP contribution in [0.5, 0.6) is 0 Å². The van der Waals surface area contributed by atoms with Crippen molar-refractivity contribution in [2.45, 2.75) is 30.7 Å². The average Bonchev–Trinajstić information content (AvgIpc) is 3.16. The van der Waals surface area contributed by atoms with E-state index in [-0.39, 0.29) is 22.8 Å². The molecule has 150 valence electrons. The van der Waals surface area contributed by atoms with Crippen LogP contribution in [0.2, 0.25) is 0 Å². The van der Waals surface area contributed by atoms with Gasteiger partial charge < -0.3 is 9.73 Å². The summed E-state index contributed by atoms with van der Waals surface area (Å²) < 4.78 is 18.7. The quantitative estimate of drug-likeness (QED) is 0.435. The van der Waals surface area contributed by atoms with E-state index in [1.54, 1.807) is 37.4 Å². The number of benzene rings is 2. The summed E-state index contributed by atoms with van der Waals surface area (Å²) in [7, 11) is 0. The highest BCUT2D eigenvalue weighted by Crippen LogP contribution is 2.29. The zero-order chi connectivity index (χ0) is 20.8. The number of halogens is 1. The first-order valence-corrected chi connectivity index (χ1v) is 10.1. The molecule has 0 saturated heterocycles. The Morgan fingerprint density at radius 1 is 1.14 bits per heavy atom. The van der Waals surface area contributed by atoms with Gasteiger partial charge in [-0.15, -0.1) is 0 Å². The van der Waals surface area contributed by atoms with Gasteiger partial charge in [-0.05, 0) is 43.2 Å². The first-order chi connectivity index (χ1) is 13.9. The fourth-order valence-electron chi connectivity index (χ4n) is 2.72. The van der Waals surface area contributed by atoms with Gasteiger partial charge in [-0.3, -0.25) is 9.59 Å². The van der Waals surface area contributed by atoms with E-state index in [0.29, 0.717) is 29.5 Å². The molecule has 0 aliphatic heterocycles. The number of thioether (sulfide) groups is 1. The zero-order valence-corrected chi connectivity index (χ0v) is 17.0. The maximum atomic E-state index is 13.0. The minimum absolute atomic E-state index is 0.0232. The second kappa shape index (κ2) is 9.52. The smallest absolute Gasteiger partial charge is 0.256 e. The number of amides is 1. The highest BCUT2D eigenvalue weighted by Gasteiger charge is 2.19. The van der Waals surface area contributed by atoms with Crippen molar-refractivity contribution in [2.24, 2.45) is 0 Å². The van der Waals surface area contributed by atoms with E-state index in [9.17, 15) is 14.0 Å². The summed E-state index contributed by atoms with van der Waals surface area (Å²) in [6.45, 7) is 3.85. The van der Waals surface area contributed by atoms with Crippen molar-refractivity contribution >= 4 is 23.5 Å². The van der Waals surface area contributed by atoms with Crippen LogP contribution < -0.4 is 5.32 Å². The van der Waals surface area contributed by atoms with Crippen molar-refractivity contribution < 1.29 is 18.4 Å². The first-order valence-electron chi connectivity index (χ1n) is 9.18. The summed E-state index contributed by atoms with van der Waals surface area (Å²) in [5.74, 6) is 0.126. The molecule has 7 heteroatoms. The molecule has 2 aromatic carbocycles. The number of nitrogens with one attached hydrogen (secondary N) is 1. The van der Waals surface area contributed by atoms with E-state index in [1.807, 2.05) is 12.1 Å². The standard InChI is InChI=1S/C22H21FN2O3S/c1-14(21(27)18-5-3-16(4-6-18)11-12-24-15(2)26)29-22-25-13-20(28-22)17-7-9-19(23)10-8-17/h3-10,13-14H,11-12H2,1-2H3,(H,24,26). The molecule has 5 nitrogen and oxygen atoms in total. The molecule has 1 unspecified atom stereocenters. The second-order valence-corrected chi connectivity index (χ2v) is 7.84. The number of aromatic nitrogens is 1. The lowest BCUT2D eigenvalue weighted by Gasteiger charge is -2.09. The van der Waals surface area contributed by atoms with Crippen molar-refractivity contribution in [3.05, 3.63) is 71.7 Å². The lowest BCUT2D eigenvalue weighted by atomic mass is 10.0. The van der Waals surface area contributed by atoms with Crippen molar-refractivity contribution in [3.63, 3.8) is 0 Å². The minimum Gasteiger partial charge on any atom is -0.431 e. The van der Waals surface area contributed by atoms with E-state index in [2.05, 4.69) is 10.3 Å². The van der Waals surface area contributed by atoms with Crippen molar-refractivity contribution in [2.75, 3.05) is 6.54 Å². The predicted octanol–water partition coefficient (Wildman–Crippen LogP) is 4.52. The van der Waals surface area contributed by atoms with Gasteiger partial charge in [-0.1, -0.05) is 36.0 Å². The number of rotatable bonds is 8. The molecule has 1 heterocycles. The molecular weight excluding hydrogens is 391 g/mol. The number of oxazole rings is 1. The number of Topliss-reactive ketones (excluding diaryl/α,β-unsaturated/α-hetero) is 1. The third kappa shape index (κ3) is 5.77. The van der Waals surface area contributed by atoms with Gasteiger partial charge in [0.2, 0.25) is 5.91 Å². The Kier molecular flexibility index (Phi) is 6.82. The molecule has 1 N–H and O–H groups in total. The molecule has 0 radical (unpaired) electrons. The van der Waals surface area contributed by atoms with Crippen LogP contribution in [0.1, 0.15) is 29.8 Å². The van der Waals surface area contributed by atoms with Crippen molar-refractivity contribution in [3.8, 4) is 11.3 Å². The Hall–Kier alpha value is -2.93. The van der Waals surface area contributed by atoms with Gasteiger partial charge in [-0.25, -0.2) is 9.37 Å². The summed E-state index contributed by atoms with van der Waals surface area (Å²) in [4.78, 5) is 27.8. The fraction of sp³-hybridized carbons (Fsp3) is 0.227. The summed E-state index contributed by atoms with van der Waals surface area (Å²) in [5.41, 5.74) is 2.38. The van der Waals surface area contributed by atoms with Crippen LogP contribution in [0, 0.1) is 5.82 Å². The Labute approximate surface area is 172 Å². The average molecular weight is 412 g/mol. The molecule has 0 aliphatic rings. The van der Waals surface area contributed by atoms with Crippen molar-refractivity contribution in [1.82, 2.24) is 10.3 Å². The highest BCUT2D eigenvalue weighted by molar-refractivity contribution is 8.00. The van der Waals surface area contributed by atoms with Gasteiger partial charge in [-0.2, -0.15) is 0 Å². The molecule has 3 aromatic rings. The number of carbonyl (C=O) groups is 2. The molecule has 0 spiro atoms. The second-order valence-electron chi connectivity index (χ2n) is 6.55. The van der Waals surface area contributed by atoms with Crippen LogP contribution in [0.3, 0.4) is 0 Å². The van der Waals surface area contributed by atoms with Gasteiger partial charge >= 0.3 is 0 Å². The lowest BCUT2D eigenvalue weighted by molar-refractivity contribution is -0.118. The summed E-state index contributed by atoms with van der Waals surface area (Å²) in [5, 5.41) is 2.76. The Balaban J connectivity index is 1.59. The number of carbonyl (C=O) groups excluding carboxylic acids is 2. The van der Waals surface area contributed by atoms with Gasteiger partial charge in [0.1, 0.15) is 5.82 Å². The first kappa shape index (κ1) is 20.8.